The average Bonchev–Trinajstić information content (AvgIpc) is 3.04. The van der Waals surface area contributed by atoms with Crippen LogP contribution in [0.3, 0.4) is 0 Å². The summed E-state index contributed by atoms with van der Waals surface area (Å²) in [6.45, 7) is 2.18. The van der Waals surface area contributed by atoms with Crippen LogP contribution >= 0.6 is 23.2 Å². The molecule has 1 aliphatic heterocycles. The third kappa shape index (κ3) is 3.47. The van der Waals surface area contributed by atoms with Gasteiger partial charge in [0.2, 0.25) is 0 Å². The highest BCUT2D eigenvalue weighted by Gasteiger charge is 2.29. The predicted octanol–water partition coefficient (Wildman–Crippen LogP) is 4.83. The van der Waals surface area contributed by atoms with E-state index >= 15 is 0 Å². The van der Waals surface area contributed by atoms with Gasteiger partial charge < -0.3 is 5.73 Å². The molecular formula is C18H20Cl2N2. The molecule has 1 saturated heterocycles. The number of nitrogens with zero attached hydrogens (tertiary/aromatic N) is 1. The summed E-state index contributed by atoms with van der Waals surface area (Å²) in [6.07, 6.45) is 2.47. The third-order valence-corrected chi connectivity index (χ3v) is 4.84. The van der Waals surface area contributed by atoms with Crippen LogP contribution in [0, 0.1) is 0 Å². The molecular weight excluding hydrogens is 315 g/mol. The molecule has 0 aliphatic carbocycles. The molecule has 0 aromatic heterocycles. The highest BCUT2D eigenvalue weighted by atomic mass is 35.5. The van der Waals surface area contributed by atoms with Gasteiger partial charge in [-0.3, -0.25) is 4.90 Å². The average molecular weight is 335 g/mol. The van der Waals surface area contributed by atoms with Crippen molar-refractivity contribution in [1.29, 1.82) is 0 Å². The van der Waals surface area contributed by atoms with E-state index in [1.807, 2.05) is 36.4 Å². The van der Waals surface area contributed by atoms with Crippen molar-refractivity contribution in [2.75, 3.05) is 13.1 Å². The first-order chi connectivity index (χ1) is 10.6. The molecule has 0 bridgehead atoms. The second-order valence-electron chi connectivity index (χ2n) is 5.82. The number of benzene rings is 2. The minimum atomic E-state index is -0.0865. The van der Waals surface area contributed by atoms with Gasteiger partial charge in [0.05, 0.1) is 6.04 Å². The zero-order chi connectivity index (χ0) is 15.5. The molecule has 22 heavy (non-hydrogen) atoms. The van der Waals surface area contributed by atoms with E-state index in [1.165, 1.54) is 18.4 Å². The molecule has 2 aromatic rings. The molecule has 0 unspecified atom stereocenters. The highest BCUT2D eigenvalue weighted by Crippen LogP contribution is 2.35. The van der Waals surface area contributed by atoms with Crippen LogP contribution in [-0.2, 0) is 0 Å². The molecule has 2 atom stereocenters. The monoisotopic (exact) mass is 334 g/mol. The Kier molecular flexibility index (Phi) is 5.04. The normalized spacial score (nSPS) is 18.3. The van der Waals surface area contributed by atoms with Crippen LogP contribution in [0.25, 0.3) is 0 Å². The molecule has 2 N–H and O–H groups in total. The van der Waals surface area contributed by atoms with Gasteiger partial charge in [-0.25, -0.2) is 0 Å². The molecule has 0 saturated carbocycles. The van der Waals surface area contributed by atoms with E-state index in [9.17, 15) is 0 Å². The lowest BCUT2D eigenvalue weighted by Crippen LogP contribution is -2.34. The zero-order valence-electron chi connectivity index (χ0n) is 12.4. The van der Waals surface area contributed by atoms with Crippen LogP contribution in [0.1, 0.15) is 36.1 Å². The van der Waals surface area contributed by atoms with E-state index in [0.29, 0.717) is 0 Å². The fraction of sp³-hybridized carbons (Fsp3) is 0.333. The molecule has 1 heterocycles. The number of likely N-dealkylation sites (tertiary alicyclic amines) is 1. The predicted molar refractivity (Wildman–Crippen MR) is 93.4 cm³/mol. The molecule has 0 radical (unpaired) electrons. The maximum absolute atomic E-state index is 6.62. The summed E-state index contributed by atoms with van der Waals surface area (Å²) < 4.78 is 0. The van der Waals surface area contributed by atoms with Crippen LogP contribution in [0.4, 0.5) is 0 Å². The minimum Gasteiger partial charge on any atom is -0.322 e. The first-order valence-corrected chi connectivity index (χ1v) is 8.41. The largest absolute Gasteiger partial charge is 0.322 e. The summed E-state index contributed by atoms with van der Waals surface area (Å²) in [5, 5.41) is 1.49. The van der Waals surface area contributed by atoms with Crippen molar-refractivity contribution in [1.82, 2.24) is 4.90 Å². The smallest absolute Gasteiger partial charge is 0.0541 e. The lowest BCUT2D eigenvalue weighted by Gasteiger charge is -2.33. The van der Waals surface area contributed by atoms with E-state index < -0.39 is 0 Å². The Balaban J connectivity index is 1.93. The second kappa shape index (κ2) is 7.01. The maximum Gasteiger partial charge on any atom is 0.0541 e. The fourth-order valence-electron chi connectivity index (χ4n) is 3.19. The van der Waals surface area contributed by atoms with Crippen molar-refractivity contribution in [2.45, 2.75) is 24.9 Å². The first kappa shape index (κ1) is 15.8. The van der Waals surface area contributed by atoms with Gasteiger partial charge >= 0.3 is 0 Å². The molecule has 1 aliphatic rings. The van der Waals surface area contributed by atoms with E-state index in [0.717, 1.165) is 28.7 Å². The summed E-state index contributed by atoms with van der Waals surface area (Å²) in [5.41, 5.74) is 8.95. The summed E-state index contributed by atoms with van der Waals surface area (Å²) in [6, 6.07) is 16.0. The van der Waals surface area contributed by atoms with Gasteiger partial charge in [-0.2, -0.15) is 0 Å². The second-order valence-corrected chi connectivity index (χ2v) is 6.69. The number of hydrogen-bond donors (Lipinski definition) is 1. The molecule has 0 spiro atoms. The molecule has 3 rings (SSSR count). The van der Waals surface area contributed by atoms with Crippen molar-refractivity contribution in [3.63, 3.8) is 0 Å². The van der Waals surface area contributed by atoms with E-state index in [-0.39, 0.29) is 12.1 Å². The van der Waals surface area contributed by atoms with Crippen LogP contribution in [-0.4, -0.2) is 18.0 Å². The van der Waals surface area contributed by atoms with Crippen molar-refractivity contribution < 1.29 is 0 Å². The number of nitrogens with two attached hydrogens (primary N) is 1. The van der Waals surface area contributed by atoms with Crippen LogP contribution in [0.15, 0.2) is 48.5 Å². The van der Waals surface area contributed by atoms with Gasteiger partial charge in [0, 0.05) is 16.1 Å². The molecule has 0 amide bonds. The molecule has 2 nitrogen and oxygen atoms in total. The fourth-order valence-corrected chi connectivity index (χ4v) is 3.44. The SMILES string of the molecule is N[C@@H](c1ccc(Cl)cc1)[C@@H](c1ccc(Cl)cc1)N1CCCC1. The van der Waals surface area contributed by atoms with Gasteiger partial charge in [0.25, 0.3) is 0 Å². The molecule has 2 aromatic carbocycles. The third-order valence-electron chi connectivity index (χ3n) is 4.34. The first-order valence-electron chi connectivity index (χ1n) is 7.66. The lowest BCUT2D eigenvalue weighted by molar-refractivity contribution is 0.213. The van der Waals surface area contributed by atoms with Crippen molar-refractivity contribution in [3.05, 3.63) is 69.7 Å². The zero-order valence-corrected chi connectivity index (χ0v) is 13.9. The summed E-state index contributed by atoms with van der Waals surface area (Å²) >= 11 is 12.0. The lowest BCUT2D eigenvalue weighted by atomic mass is 9.93. The Labute approximate surface area is 141 Å². The Bertz CT molecular complexity index is 604. The summed E-state index contributed by atoms with van der Waals surface area (Å²) in [7, 11) is 0. The number of halogens is 2. The number of rotatable bonds is 4. The van der Waals surface area contributed by atoms with E-state index in [1.54, 1.807) is 0 Å². The summed E-state index contributed by atoms with van der Waals surface area (Å²) in [4.78, 5) is 2.47. The van der Waals surface area contributed by atoms with Crippen molar-refractivity contribution in [2.24, 2.45) is 5.73 Å². The maximum atomic E-state index is 6.62. The Morgan fingerprint density at radius 3 is 1.73 bits per heavy atom. The van der Waals surface area contributed by atoms with E-state index in [4.69, 9.17) is 28.9 Å². The van der Waals surface area contributed by atoms with Gasteiger partial charge in [-0.1, -0.05) is 47.5 Å². The van der Waals surface area contributed by atoms with Gasteiger partial charge in [0.15, 0.2) is 0 Å². The Morgan fingerprint density at radius 2 is 1.23 bits per heavy atom. The van der Waals surface area contributed by atoms with E-state index in [2.05, 4.69) is 17.0 Å². The topological polar surface area (TPSA) is 29.3 Å². The summed E-state index contributed by atoms with van der Waals surface area (Å²) in [5.74, 6) is 0. The van der Waals surface area contributed by atoms with Crippen molar-refractivity contribution in [3.8, 4) is 0 Å². The van der Waals surface area contributed by atoms with Gasteiger partial charge in [0.1, 0.15) is 0 Å². The highest BCUT2D eigenvalue weighted by molar-refractivity contribution is 6.30. The van der Waals surface area contributed by atoms with Crippen LogP contribution < -0.4 is 5.73 Å². The Hall–Kier alpha value is -1.06. The number of hydrogen-bond acceptors (Lipinski definition) is 2. The minimum absolute atomic E-state index is 0.0865. The van der Waals surface area contributed by atoms with Crippen LogP contribution in [0.5, 0.6) is 0 Å². The van der Waals surface area contributed by atoms with Crippen LogP contribution in [0.2, 0.25) is 10.0 Å². The van der Waals surface area contributed by atoms with Gasteiger partial charge in [-0.05, 0) is 61.3 Å². The quantitative estimate of drug-likeness (QED) is 0.867. The Morgan fingerprint density at radius 1 is 0.773 bits per heavy atom. The van der Waals surface area contributed by atoms with Crippen molar-refractivity contribution >= 4 is 23.2 Å². The molecule has 116 valence electrons. The molecule has 1 fully saturated rings. The standard InChI is InChI=1S/C18H20Cl2N2/c19-15-7-3-13(4-8-15)17(21)18(22-11-1-2-12-22)14-5-9-16(20)10-6-14/h3-10,17-18H,1-2,11-12,21H2/t17-,18+/m0/s1. The van der Waals surface area contributed by atoms with Gasteiger partial charge in [-0.15, -0.1) is 0 Å². The molecule has 4 heteroatoms.